The molecule has 2 aromatic rings. The topological polar surface area (TPSA) is 58.1 Å². The second-order valence-electron chi connectivity index (χ2n) is 6.66. The van der Waals surface area contributed by atoms with Gasteiger partial charge in [-0.2, -0.15) is 0 Å². The minimum atomic E-state index is 0.334. The second kappa shape index (κ2) is 11.0. The van der Waals surface area contributed by atoms with Crippen molar-refractivity contribution in [1.29, 1.82) is 0 Å². The molecule has 1 aliphatic heterocycles. The molecule has 0 amide bonds. The number of benzene rings is 1. The van der Waals surface area contributed by atoms with Gasteiger partial charge in [0, 0.05) is 38.1 Å². The number of rotatable bonds is 8. The predicted octanol–water partition coefficient (Wildman–Crippen LogP) is 2.54. The van der Waals surface area contributed by atoms with Crippen molar-refractivity contribution in [2.45, 2.75) is 12.5 Å². The summed E-state index contributed by atoms with van der Waals surface area (Å²) >= 11 is 1.81. The summed E-state index contributed by atoms with van der Waals surface area (Å²) in [6, 6.07) is 12.8. The number of guanidine groups is 1. The maximum absolute atomic E-state index is 5.52. The van der Waals surface area contributed by atoms with Crippen LogP contribution in [0.4, 0.5) is 0 Å². The molecule has 3 rings (SSSR count). The minimum absolute atomic E-state index is 0.334. The van der Waals surface area contributed by atoms with Gasteiger partial charge in [0.25, 0.3) is 0 Å². The average molecular weight is 403 g/mol. The normalized spacial score (nSPS) is 16.6. The Labute approximate surface area is 171 Å². The van der Waals surface area contributed by atoms with E-state index in [0.717, 1.165) is 57.5 Å². The van der Waals surface area contributed by atoms with Gasteiger partial charge in [0.2, 0.25) is 0 Å². The van der Waals surface area contributed by atoms with E-state index in [1.165, 1.54) is 10.4 Å². The van der Waals surface area contributed by atoms with Gasteiger partial charge >= 0.3 is 0 Å². The maximum Gasteiger partial charge on any atom is 0.191 e. The number of nitrogens with one attached hydrogen (secondary N) is 2. The van der Waals surface area contributed by atoms with Crippen LogP contribution in [-0.2, 0) is 11.2 Å². The van der Waals surface area contributed by atoms with Gasteiger partial charge < -0.3 is 20.1 Å². The molecule has 0 spiro atoms. The fraction of sp³-hybridized carbons (Fsp3) is 0.476. The van der Waals surface area contributed by atoms with Crippen LogP contribution in [0, 0.1) is 0 Å². The Hall–Kier alpha value is -2.09. The summed E-state index contributed by atoms with van der Waals surface area (Å²) in [4.78, 5) is 8.25. The van der Waals surface area contributed by atoms with E-state index >= 15 is 0 Å². The van der Waals surface area contributed by atoms with E-state index in [1.54, 1.807) is 7.11 Å². The Kier molecular flexibility index (Phi) is 8.14. The average Bonchev–Trinajstić information content (AvgIpc) is 3.28. The molecule has 0 saturated carbocycles. The van der Waals surface area contributed by atoms with Gasteiger partial charge in [-0.1, -0.05) is 18.2 Å². The Morgan fingerprint density at radius 2 is 2.11 bits per heavy atom. The molecule has 6 nitrogen and oxygen atoms in total. The van der Waals surface area contributed by atoms with Crippen LogP contribution in [0.25, 0.3) is 0 Å². The number of aliphatic imine (C=N–C) groups is 1. The molecule has 0 aliphatic carbocycles. The molecule has 0 bridgehead atoms. The van der Waals surface area contributed by atoms with Crippen LogP contribution < -0.4 is 15.4 Å². The second-order valence-corrected chi connectivity index (χ2v) is 7.64. The molecule has 0 radical (unpaired) electrons. The van der Waals surface area contributed by atoms with Crippen LogP contribution in [0.3, 0.4) is 0 Å². The van der Waals surface area contributed by atoms with E-state index in [4.69, 9.17) is 9.47 Å². The summed E-state index contributed by atoms with van der Waals surface area (Å²) < 4.78 is 10.8. The zero-order valence-electron chi connectivity index (χ0n) is 16.7. The minimum Gasteiger partial charge on any atom is -0.497 e. The number of hydrogen-bond donors (Lipinski definition) is 2. The Morgan fingerprint density at radius 1 is 1.25 bits per heavy atom. The molecule has 152 valence electrons. The zero-order chi connectivity index (χ0) is 19.6. The quantitative estimate of drug-likeness (QED) is 0.525. The van der Waals surface area contributed by atoms with Gasteiger partial charge in [0.05, 0.1) is 26.4 Å². The highest BCUT2D eigenvalue weighted by Crippen LogP contribution is 2.25. The number of thiophene rings is 1. The van der Waals surface area contributed by atoms with Crippen molar-refractivity contribution in [1.82, 2.24) is 15.5 Å². The van der Waals surface area contributed by atoms with Crippen molar-refractivity contribution in [3.05, 3.63) is 52.2 Å². The molecule has 7 heteroatoms. The standard InChI is InChI=1S/C21H30N4O2S/c1-22-21(23-9-8-17-5-3-6-18(15-17)26-2)24-16-19(20-7-4-14-28-20)25-10-12-27-13-11-25/h3-7,14-15,19H,8-13,16H2,1-2H3,(H2,22,23,24). The number of morpholine rings is 1. The fourth-order valence-electron chi connectivity index (χ4n) is 3.35. The number of hydrogen-bond acceptors (Lipinski definition) is 5. The Bertz CT molecular complexity index is 730. The smallest absolute Gasteiger partial charge is 0.191 e. The van der Waals surface area contributed by atoms with Crippen molar-refractivity contribution < 1.29 is 9.47 Å². The van der Waals surface area contributed by atoms with Crippen LogP contribution >= 0.6 is 11.3 Å². The lowest BCUT2D eigenvalue weighted by atomic mass is 10.1. The van der Waals surface area contributed by atoms with Crippen molar-refractivity contribution in [3.8, 4) is 5.75 Å². The van der Waals surface area contributed by atoms with Crippen molar-refractivity contribution in [3.63, 3.8) is 0 Å². The van der Waals surface area contributed by atoms with Crippen molar-refractivity contribution in [2.75, 3.05) is 53.6 Å². The van der Waals surface area contributed by atoms with Gasteiger partial charge in [-0.25, -0.2) is 0 Å². The summed E-state index contributed by atoms with van der Waals surface area (Å²) in [5.41, 5.74) is 1.24. The summed E-state index contributed by atoms with van der Waals surface area (Å²) in [5, 5.41) is 9.06. The van der Waals surface area contributed by atoms with Crippen LogP contribution in [0.1, 0.15) is 16.5 Å². The lowest BCUT2D eigenvalue weighted by Gasteiger charge is -2.34. The van der Waals surface area contributed by atoms with Crippen LogP contribution in [0.15, 0.2) is 46.8 Å². The number of methoxy groups -OCH3 is 1. The first-order chi connectivity index (χ1) is 13.8. The number of ether oxygens (including phenoxy) is 2. The zero-order valence-corrected chi connectivity index (χ0v) is 17.5. The molecule has 2 N–H and O–H groups in total. The summed E-state index contributed by atoms with van der Waals surface area (Å²) in [5.74, 6) is 1.72. The highest BCUT2D eigenvalue weighted by Gasteiger charge is 2.23. The predicted molar refractivity (Wildman–Crippen MR) is 116 cm³/mol. The van der Waals surface area contributed by atoms with Crippen LogP contribution in [0.2, 0.25) is 0 Å². The largest absolute Gasteiger partial charge is 0.497 e. The Morgan fingerprint density at radius 3 is 2.82 bits per heavy atom. The lowest BCUT2D eigenvalue weighted by Crippen LogP contribution is -2.46. The van der Waals surface area contributed by atoms with Crippen LogP contribution in [0.5, 0.6) is 5.75 Å². The van der Waals surface area contributed by atoms with E-state index < -0.39 is 0 Å². The van der Waals surface area contributed by atoms with E-state index in [-0.39, 0.29) is 0 Å². The molecule has 1 saturated heterocycles. The van der Waals surface area contributed by atoms with Gasteiger partial charge in [-0.15, -0.1) is 11.3 Å². The Balaban J connectivity index is 1.51. The first-order valence-corrected chi connectivity index (χ1v) is 10.6. The third-order valence-corrected chi connectivity index (χ3v) is 5.86. The van der Waals surface area contributed by atoms with Gasteiger partial charge in [0.1, 0.15) is 5.75 Å². The van der Waals surface area contributed by atoms with Crippen LogP contribution in [-0.4, -0.2) is 64.4 Å². The van der Waals surface area contributed by atoms with E-state index in [2.05, 4.69) is 50.2 Å². The third-order valence-electron chi connectivity index (χ3n) is 4.88. The fourth-order valence-corrected chi connectivity index (χ4v) is 4.21. The molecule has 1 unspecified atom stereocenters. The van der Waals surface area contributed by atoms with Crippen molar-refractivity contribution in [2.24, 2.45) is 4.99 Å². The summed E-state index contributed by atoms with van der Waals surface area (Å²) in [7, 11) is 3.51. The van der Waals surface area contributed by atoms with E-state index in [9.17, 15) is 0 Å². The first-order valence-electron chi connectivity index (χ1n) is 9.73. The van der Waals surface area contributed by atoms with Crippen molar-refractivity contribution >= 4 is 17.3 Å². The molecule has 1 aromatic heterocycles. The summed E-state index contributed by atoms with van der Waals surface area (Å²) in [6.07, 6.45) is 0.912. The number of nitrogens with zero attached hydrogens (tertiary/aromatic N) is 2. The van der Waals surface area contributed by atoms with Gasteiger partial charge in [0.15, 0.2) is 5.96 Å². The molecular weight excluding hydrogens is 372 g/mol. The molecule has 1 fully saturated rings. The van der Waals surface area contributed by atoms with Gasteiger partial charge in [-0.05, 0) is 35.6 Å². The van der Waals surface area contributed by atoms with E-state index in [1.807, 2.05) is 30.5 Å². The monoisotopic (exact) mass is 402 g/mol. The lowest BCUT2D eigenvalue weighted by molar-refractivity contribution is 0.0177. The highest BCUT2D eigenvalue weighted by atomic mass is 32.1. The molecule has 1 aliphatic rings. The van der Waals surface area contributed by atoms with Gasteiger partial charge in [-0.3, -0.25) is 9.89 Å². The molecule has 1 atom stereocenters. The molecule has 2 heterocycles. The molecular formula is C21H30N4O2S. The SMILES string of the molecule is CN=C(NCCc1cccc(OC)c1)NCC(c1cccs1)N1CCOCC1. The van der Waals surface area contributed by atoms with E-state index in [0.29, 0.717) is 6.04 Å². The molecule has 1 aromatic carbocycles. The maximum atomic E-state index is 5.52. The third kappa shape index (κ3) is 5.95. The highest BCUT2D eigenvalue weighted by molar-refractivity contribution is 7.10. The first kappa shape index (κ1) is 20.6. The molecule has 28 heavy (non-hydrogen) atoms. The summed E-state index contributed by atoms with van der Waals surface area (Å²) in [6.45, 7) is 5.16.